The predicted molar refractivity (Wildman–Crippen MR) is 67.9 cm³/mol. The highest BCUT2D eigenvalue weighted by atomic mass is 32.2. The second-order valence-corrected chi connectivity index (χ2v) is 5.15. The summed E-state index contributed by atoms with van der Waals surface area (Å²) in [6.07, 6.45) is 3.07. The van der Waals surface area contributed by atoms with Crippen LogP contribution in [0.3, 0.4) is 0 Å². The van der Waals surface area contributed by atoms with Gasteiger partial charge in [-0.25, -0.2) is 0 Å². The van der Waals surface area contributed by atoms with Gasteiger partial charge in [0.25, 0.3) is 0 Å². The number of carboxylic acid groups (broad SMARTS) is 1. The van der Waals surface area contributed by atoms with E-state index in [1.807, 2.05) is 23.9 Å². The Balaban J connectivity index is 1.94. The van der Waals surface area contributed by atoms with Crippen LogP contribution in [0.4, 0.5) is 0 Å². The second kappa shape index (κ2) is 5.96. The lowest BCUT2D eigenvalue weighted by Gasteiger charge is -2.18. The summed E-state index contributed by atoms with van der Waals surface area (Å²) < 4.78 is 5.67. The van der Waals surface area contributed by atoms with Crippen molar-refractivity contribution in [3.8, 4) is 5.75 Å². The first kappa shape index (κ1) is 12.3. The van der Waals surface area contributed by atoms with Crippen molar-refractivity contribution in [3.05, 3.63) is 23.8 Å². The first-order valence-corrected chi connectivity index (χ1v) is 6.85. The fourth-order valence-electron chi connectivity index (χ4n) is 1.88. The molecule has 0 fully saturated rings. The van der Waals surface area contributed by atoms with E-state index in [1.165, 1.54) is 16.9 Å². The smallest absolute Gasteiger partial charge is 0.303 e. The summed E-state index contributed by atoms with van der Waals surface area (Å²) in [5.41, 5.74) is 1.36. The highest BCUT2D eigenvalue weighted by molar-refractivity contribution is 7.99. The molecule has 0 unspecified atom stereocenters. The molecular formula is C13H16O3S. The molecule has 1 aromatic rings. The number of carbonyl (C=O) groups is 1. The van der Waals surface area contributed by atoms with Gasteiger partial charge in [-0.05, 0) is 36.6 Å². The van der Waals surface area contributed by atoms with Crippen molar-refractivity contribution >= 4 is 17.7 Å². The molecule has 0 spiro atoms. The molecule has 17 heavy (non-hydrogen) atoms. The van der Waals surface area contributed by atoms with Crippen molar-refractivity contribution in [3.63, 3.8) is 0 Å². The third-order valence-corrected chi connectivity index (χ3v) is 3.93. The van der Waals surface area contributed by atoms with Gasteiger partial charge in [-0.2, -0.15) is 0 Å². The molecule has 0 saturated carbocycles. The van der Waals surface area contributed by atoms with Gasteiger partial charge < -0.3 is 9.84 Å². The molecule has 1 aromatic carbocycles. The van der Waals surface area contributed by atoms with Crippen LogP contribution in [-0.4, -0.2) is 23.4 Å². The lowest BCUT2D eigenvalue weighted by molar-refractivity contribution is -0.137. The number of carboxylic acids is 1. The van der Waals surface area contributed by atoms with Crippen molar-refractivity contribution in [2.75, 3.05) is 12.4 Å². The van der Waals surface area contributed by atoms with Crippen LogP contribution in [0.5, 0.6) is 5.75 Å². The molecule has 1 aliphatic heterocycles. The van der Waals surface area contributed by atoms with Crippen molar-refractivity contribution in [2.24, 2.45) is 0 Å². The quantitative estimate of drug-likeness (QED) is 0.818. The summed E-state index contributed by atoms with van der Waals surface area (Å²) >= 11 is 1.84. The van der Waals surface area contributed by atoms with Crippen LogP contribution < -0.4 is 4.74 Å². The van der Waals surface area contributed by atoms with Crippen LogP contribution in [-0.2, 0) is 11.2 Å². The molecule has 2 rings (SSSR count). The summed E-state index contributed by atoms with van der Waals surface area (Å²) in [4.78, 5) is 11.6. The average molecular weight is 252 g/mol. The molecule has 1 N–H and O–H groups in total. The van der Waals surface area contributed by atoms with Gasteiger partial charge in [0.1, 0.15) is 5.75 Å². The van der Waals surface area contributed by atoms with E-state index >= 15 is 0 Å². The molecule has 1 heterocycles. The molecule has 1 aliphatic rings. The van der Waals surface area contributed by atoms with Gasteiger partial charge in [-0.3, -0.25) is 4.79 Å². The van der Waals surface area contributed by atoms with Crippen molar-refractivity contribution in [2.45, 2.75) is 30.6 Å². The van der Waals surface area contributed by atoms with E-state index in [4.69, 9.17) is 9.84 Å². The summed E-state index contributed by atoms with van der Waals surface area (Å²) in [5, 5.41) is 8.54. The van der Waals surface area contributed by atoms with Crippen LogP contribution in [0.1, 0.15) is 24.8 Å². The molecule has 0 amide bonds. The van der Waals surface area contributed by atoms with Crippen LogP contribution in [0, 0.1) is 0 Å². The topological polar surface area (TPSA) is 46.5 Å². The third kappa shape index (κ3) is 3.40. The standard InChI is InChI=1S/C13H16O3S/c14-12(15)7-2-8-16-11-6-1-4-10-5-3-9-17-13(10)11/h1,4,6H,2-3,5,7-9H2,(H,14,15). The van der Waals surface area contributed by atoms with Gasteiger partial charge in [-0.1, -0.05) is 12.1 Å². The Morgan fingerprint density at radius 1 is 1.47 bits per heavy atom. The number of aryl methyl sites for hydroxylation is 1. The number of rotatable bonds is 5. The summed E-state index contributed by atoms with van der Waals surface area (Å²) in [5.74, 6) is 1.29. The highest BCUT2D eigenvalue weighted by Gasteiger charge is 2.14. The zero-order valence-corrected chi connectivity index (χ0v) is 10.5. The number of aliphatic carboxylic acids is 1. The van der Waals surface area contributed by atoms with E-state index < -0.39 is 5.97 Å². The first-order chi connectivity index (χ1) is 8.27. The van der Waals surface area contributed by atoms with E-state index in [2.05, 4.69) is 6.07 Å². The van der Waals surface area contributed by atoms with Gasteiger partial charge in [-0.15, -0.1) is 11.8 Å². The minimum Gasteiger partial charge on any atom is -0.492 e. The van der Waals surface area contributed by atoms with E-state index in [9.17, 15) is 4.79 Å². The van der Waals surface area contributed by atoms with Gasteiger partial charge in [0.2, 0.25) is 0 Å². The van der Waals surface area contributed by atoms with E-state index in [1.54, 1.807) is 0 Å². The Morgan fingerprint density at radius 2 is 2.35 bits per heavy atom. The van der Waals surface area contributed by atoms with Gasteiger partial charge in [0.05, 0.1) is 11.5 Å². The summed E-state index contributed by atoms with van der Waals surface area (Å²) in [7, 11) is 0. The zero-order valence-electron chi connectivity index (χ0n) is 9.65. The zero-order chi connectivity index (χ0) is 12.1. The van der Waals surface area contributed by atoms with Gasteiger partial charge in [0.15, 0.2) is 0 Å². The van der Waals surface area contributed by atoms with Crippen LogP contribution >= 0.6 is 11.8 Å². The van der Waals surface area contributed by atoms with E-state index in [0.29, 0.717) is 13.0 Å². The predicted octanol–water partition coefficient (Wildman–Crippen LogP) is 2.97. The molecule has 0 bridgehead atoms. The number of hydrogen-bond donors (Lipinski definition) is 1. The number of benzene rings is 1. The maximum Gasteiger partial charge on any atom is 0.303 e. The molecule has 0 atom stereocenters. The van der Waals surface area contributed by atoms with E-state index in [-0.39, 0.29) is 6.42 Å². The second-order valence-electron chi connectivity index (χ2n) is 4.04. The fraction of sp³-hybridized carbons (Fsp3) is 0.462. The Bertz CT molecular complexity index is 404. The Hall–Kier alpha value is -1.16. The number of hydrogen-bond acceptors (Lipinski definition) is 3. The van der Waals surface area contributed by atoms with Crippen LogP contribution in [0.2, 0.25) is 0 Å². The van der Waals surface area contributed by atoms with Crippen molar-refractivity contribution in [1.29, 1.82) is 0 Å². The van der Waals surface area contributed by atoms with Gasteiger partial charge >= 0.3 is 5.97 Å². The number of fused-ring (bicyclic) bond motifs is 1. The maximum absolute atomic E-state index is 10.4. The molecule has 0 radical (unpaired) electrons. The average Bonchev–Trinajstić information content (AvgIpc) is 2.34. The van der Waals surface area contributed by atoms with Crippen molar-refractivity contribution < 1.29 is 14.6 Å². The fourth-order valence-corrected chi connectivity index (χ4v) is 3.00. The van der Waals surface area contributed by atoms with E-state index in [0.717, 1.165) is 17.9 Å². The van der Waals surface area contributed by atoms with Crippen LogP contribution in [0.15, 0.2) is 23.1 Å². The lowest BCUT2D eigenvalue weighted by atomic mass is 10.1. The molecule has 0 aromatic heterocycles. The molecule has 0 aliphatic carbocycles. The Labute approximate surface area is 105 Å². The highest BCUT2D eigenvalue weighted by Crippen LogP contribution is 2.37. The Kier molecular flexibility index (Phi) is 4.31. The molecule has 4 heteroatoms. The minimum atomic E-state index is -0.766. The number of ether oxygens (including phenoxy) is 1. The molecule has 92 valence electrons. The minimum absolute atomic E-state index is 0.169. The molecule has 0 saturated heterocycles. The SMILES string of the molecule is O=C(O)CCCOc1cccc2c1SCCC2. The number of thioether (sulfide) groups is 1. The Morgan fingerprint density at radius 3 is 3.18 bits per heavy atom. The molecular weight excluding hydrogens is 236 g/mol. The normalized spacial score (nSPS) is 14.1. The summed E-state index contributed by atoms with van der Waals surface area (Å²) in [6.45, 7) is 0.476. The van der Waals surface area contributed by atoms with Crippen LogP contribution in [0.25, 0.3) is 0 Å². The third-order valence-electron chi connectivity index (χ3n) is 2.69. The monoisotopic (exact) mass is 252 g/mol. The first-order valence-electron chi connectivity index (χ1n) is 5.86. The summed E-state index contributed by atoms with van der Waals surface area (Å²) in [6, 6.07) is 6.13. The van der Waals surface area contributed by atoms with Crippen molar-refractivity contribution in [1.82, 2.24) is 0 Å². The molecule has 3 nitrogen and oxygen atoms in total. The lowest BCUT2D eigenvalue weighted by Crippen LogP contribution is -2.05. The largest absolute Gasteiger partial charge is 0.492 e. The van der Waals surface area contributed by atoms with Gasteiger partial charge in [0, 0.05) is 6.42 Å². The maximum atomic E-state index is 10.4.